The molecule has 7 heteroatoms. The summed E-state index contributed by atoms with van der Waals surface area (Å²) in [6, 6.07) is 11.0. The maximum Gasteiger partial charge on any atom is 0.342 e. The van der Waals surface area contributed by atoms with E-state index in [0.29, 0.717) is 11.1 Å². The fourth-order valence-corrected chi connectivity index (χ4v) is 3.10. The molecule has 2 rings (SSSR count). The molecule has 0 aliphatic rings. The van der Waals surface area contributed by atoms with E-state index in [4.69, 9.17) is 9.47 Å². The van der Waals surface area contributed by atoms with E-state index in [9.17, 15) is 14.4 Å². The van der Waals surface area contributed by atoms with Crippen molar-refractivity contribution >= 4 is 11.9 Å². The van der Waals surface area contributed by atoms with Gasteiger partial charge in [-0.25, -0.2) is 4.79 Å². The summed E-state index contributed by atoms with van der Waals surface area (Å²) >= 11 is 0. The number of nitrogens with one attached hydrogen (secondary N) is 1. The van der Waals surface area contributed by atoms with Gasteiger partial charge in [-0.3, -0.25) is 9.59 Å². The number of carbonyl (C=O) groups is 2. The molecule has 2 aromatic rings. The topological polar surface area (TPSA) is 94.7 Å². The Bertz CT molecular complexity index is 861. The maximum atomic E-state index is 12.8. The third-order valence-corrected chi connectivity index (χ3v) is 4.65. The first kappa shape index (κ1) is 21.4. The van der Waals surface area contributed by atoms with Crippen molar-refractivity contribution in [3.63, 3.8) is 0 Å². The Labute approximate surface area is 163 Å². The van der Waals surface area contributed by atoms with Gasteiger partial charge in [-0.15, -0.1) is 0 Å². The van der Waals surface area contributed by atoms with Crippen molar-refractivity contribution in [2.45, 2.75) is 38.4 Å². The van der Waals surface area contributed by atoms with E-state index >= 15 is 0 Å². The second-order valence-corrected chi connectivity index (χ2v) is 6.22. The molecular weight excluding hydrogens is 362 g/mol. The van der Waals surface area contributed by atoms with E-state index in [0.717, 1.165) is 5.56 Å². The number of rotatable bonds is 9. The number of hydrogen-bond donors (Lipinski definition) is 1. The van der Waals surface area contributed by atoms with Crippen LogP contribution in [0.15, 0.2) is 47.4 Å². The van der Waals surface area contributed by atoms with Crippen LogP contribution in [0, 0.1) is 0 Å². The number of H-pyrrole nitrogens is 1. The number of esters is 2. The zero-order chi connectivity index (χ0) is 20.6. The summed E-state index contributed by atoms with van der Waals surface area (Å²) in [7, 11) is 2.56. The number of ether oxygens (including phenoxy) is 3. The van der Waals surface area contributed by atoms with Gasteiger partial charge in [0.05, 0.1) is 20.8 Å². The molecule has 0 saturated carbocycles. The summed E-state index contributed by atoms with van der Waals surface area (Å²) in [5, 5.41) is 0. The molecule has 1 heterocycles. The highest BCUT2D eigenvalue weighted by Crippen LogP contribution is 2.34. The number of carbonyl (C=O) groups excluding carboxylic acids is 2. The van der Waals surface area contributed by atoms with Crippen LogP contribution in [-0.4, -0.2) is 31.1 Å². The summed E-state index contributed by atoms with van der Waals surface area (Å²) in [6.07, 6.45) is 1.83. The number of methoxy groups -OCH3 is 2. The van der Waals surface area contributed by atoms with Crippen molar-refractivity contribution in [1.82, 2.24) is 4.98 Å². The highest BCUT2D eigenvalue weighted by atomic mass is 16.6. The Hall–Kier alpha value is -2.93. The Morgan fingerprint density at radius 1 is 1.07 bits per heavy atom. The lowest BCUT2D eigenvalue weighted by atomic mass is 9.86. The van der Waals surface area contributed by atoms with Crippen LogP contribution in [0.1, 0.15) is 36.5 Å². The fraction of sp³-hybridized carbons (Fsp3) is 0.381. The number of aromatic amines is 1. The number of hydrogen-bond acceptors (Lipinski definition) is 6. The predicted octanol–water partition coefficient (Wildman–Crippen LogP) is 2.48. The zero-order valence-corrected chi connectivity index (χ0v) is 16.3. The third-order valence-electron chi connectivity index (χ3n) is 4.65. The summed E-state index contributed by atoms with van der Waals surface area (Å²) < 4.78 is 15.8. The van der Waals surface area contributed by atoms with Crippen LogP contribution in [0.4, 0.5) is 0 Å². The minimum absolute atomic E-state index is 0.0102. The van der Waals surface area contributed by atoms with Gasteiger partial charge in [-0.1, -0.05) is 37.3 Å². The third kappa shape index (κ3) is 4.67. The molecule has 28 heavy (non-hydrogen) atoms. The molecule has 0 spiro atoms. The molecule has 1 N–H and O–H groups in total. The van der Waals surface area contributed by atoms with Gasteiger partial charge in [0.2, 0.25) is 0 Å². The Balaban J connectivity index is 2.48. The van der Waals surface area contributed by atoms with E-state index in [1.165, 1.54) is 20.4 Å². The van der Waals surface area contributed by atoms with Crippen molar-refractivity contribution < 1.29 is 23.8 Å². The van der Waals surface area contributed by atoms with Crippen molar-refractivity contribution in [1.29, 1.82) is 0 Å². The number of benzene rings is 1. The molecular formula is C21H25NO6. The highest BCUT2D eigenvalue weighted by molar-refractivity contribution is 5.82. The average molecular weight is 387 g/mol. The molecule has 1 unspecified atom stereocenters. The lowest BCUT2D eigenvalue weighted by molar-refractivity contribution is -0.174. The summed E-state index contributed by atoms with van der Waals surface area (Å²) in [5.74, 6) is -1.05. The largest absolute Gasteiger partial charge is 0.469 e. The van der Waals surface area contributed by atoms with Gasteiger partial charge in [0.1, 0.15) is 0 Å². The van der Waals surface area contributed by atoms with Crippen molar-refractivity contribution in [3.8, 4) is 0 Å². The van der Waals surface area contributed by atoms with Gasteiger partial charge < -0.3 is 19.2 Å². The molecule has 0 aliphatic heterocycles. The Morgan fingerprint density at radius 3 is 2.39 bits per heavy atom. The van der Waals surface area contributed by atoms with Gasteiger partial charge in [-0.2, -0.15) is 0 Å². The van der Waals surface area contributed by atoms with Crippen LogP contribution >= 0.6 is 0 Å². The summed E-state index contributed by atoms with van der Waals surface area (Å²) in [6.45, 7) is 1.94. The van der Waals surface area contributed by atoms with Crippen LogP contribution in [0.25, 0.3) is 0 Å². The molecule has 0 aliphatic carbocycles. The van der Waals surface area contributed by atoms with Crippen molar-refractivity contribution in [3.05, 3.63) is 69.6 Å². The maximum absolute atomic E-state index is 12.8. The standard InChI is InChI=1S/C21H25NO6/c1-4-21(20(25)27-3,28-14-15-8-6-5-7-9-15)17-12-13-22-19(24)16(17)10-11-18(23)26-2/h5-9,12-13H,4,10-11,14H2,1-3H3,(H,22,24). The van der Waals surface area contributed by atoms with E-state index in [2.05, 4.69) is 9.72 Å². The van der Waals surface area contributed by atoms with E-state index in [1.54, 1.807) is 13.0 Å². The van der Waals surface area contributed by atoms with E-state index in [1.807, 2.05) is 30.3 Å². The lowest BCUT2D eigenvalue weighted by Gasteiger charge is -2.32. The van der Waals surface area contributed by atoms with Gasteiger partial charge in [0, 0.05) is 23.7 Å². The smallest absolute Gasteiger partial charge is 0.342 e. The zero-order valence-electron chi connectivity index (χ0n) is 16.3. The first-order valence-corrected chi connectivity index (χ1v) is 9.02. The van der Waals surface area contributed by atoms with Crippen LogP contribution < -0.4 is 5.56 Å². The van der Waals surface area contributed by atoms with Crippen molar-refractivity contribution in [2.24, 2.45) is 0 Å². The molecule has 0 fully saturated rings. The molecule has 1 aromatic heterocycles. The first-order valence-electron chi connectivity index (χ1n) is 9.02. The molecule has 1 atom stereocenters. The quantitative estimate of drug-likeness (QED) is 0.664. The molecule has 0 saturated heterocycles. The average Bonchev–Trinajstić information content (AvgIpc) is 2.74. The van der Waals surface area contributed by atoms with Gasteiger partial charge in [0.25, 0.3) is 5.56 Å². The predicted molar refractivity (Wildman–Crippen MR) is 103 cm³/mol. The van der Waals surface area contributed by atoms with Crippen LogP contribution in [0.2, 0.25) is 0 Å². The van der Waals surface area contributed by atoms with Crippen molar-refractivity contribution in [2.75, 3.05) is 14.2 Å². The molecule has 7 nitrogen and oxygen atoms in total. The molecule has 0 radical (unpaired) electrons. The molecule has 150 valence electrons. The van der Waals surface area contributed by atoms with Gasteiger partial charge >= 0.3 is 11.9 Å². The monoisotopic (exact) mass is 387 g/mol. The van der Waals surface area contributed by atoms with Gasteiger partial charge in [-0.05, 0) is 24.5 Å². The summed E-state index contributed by atoms with van der Waals surface area (Å²) in [5.41, 5.74) is -0.278. The normalized spacial score (nSPS) is 12.8. The Morgan fingerprint density at radius 2 is 1.79 bits per heavy atom. The minimum Gasteiger partial charge on any atom is -0.469 e. The van der Waals surface area contributed by atoms with E-state index in [-0.39, 0.29) is 31.4 Å². The Kier molecular flexibility index (Phi) is 7.52. The summed E-state index contributed by atoms with van der Waals surface area (Å²) in [4.78, 5) is 39.4. The lowest BCUT2D eigenvalue weighted by Crippen LogP contribution is -2.41. The SMILES string of the molecule is CCC(OCc1ccccc1)(C(=O)OC)c1cc[nH]c(=O)c1CCC(=O)OC. The van der Waals surface area contributed by atoms with Gasteiger partial charge in [0.15, 0.2) is 5.60 Å². The second kappa shape index (κ2) is 9.85. The van der Waals surface area contributed by atoms with E-state index < -0.39 is 17.5 Å². The highest BCUT2D eigenvalue weighted by Gasteiger charge is 2.43. The molecule has 0 amide bonds. The second-order valence-electron chi connectivity index (χ2n) is 6.22. The molecule has 0 bridgehead atoms. The number of aromatic nitrogens is 1. The van der Waals surface area contributed by atoms with Crippen LogP contribution in [0.5, 0.6) is 0 Å². The minimum atomic E-state index is -1.47. The van der Waals surface area contributed by atoms with Crippen LogP contribution in [0.3, 0.4) is 0 Å². The number of pyridine rings is 1. The van der Waals surface area contributed by atoms with Crippen LogP contribution in [-0.2, 0) is 42.4 Å². The molecule has 1 aromatic carbocycles. The fourth-order valence-electron chi connectivity index (χ4n) is 3.10. The first-order chi connectivity index (χ1) is 13.5.